The lowest BCUT2D eigenvalue weighted by Crippen LogP contribution is -2.22. The van der Waals surface area contributed by atoms with Crippen molar-refractivity contribution >= 4 is 17.6 Å². The van der Waals surface area contributed by atoms with Crippen LogP contribution in [0.15, 0.2) is 85.7 Å². The van der Waals surface area contributed by atoms with Crippen LogP contribution in [-0.4, -0.2) is 5.97 Å². The van der Waals surface area contributed by atoms with Gasteiger partial charge in [-0.1, -0.05) is 74.5 Å². The fourth-order valence-electron chi connectivity index (χ4n) is 2.88. The maximum Gasteiger partial charge on any atom is 0.315 e. The summed E-state index contributed by atoms with van der Waals surface area (Å²) >= 11 is 5.95. The summed E-state index contributed by atoms with van der Waals surface area (Å²) < 4.78 is 11.1. The molecule has 0 aliphatic rings. The van der Waals surface area contributed by atoms with Crippen LogP contribution in [0.5, 0.6) is 5.75 Å². The number of rotatable bonds is 9. The van der Waals surface area contributed by atoms with Crippen LogP contribution in [0.1, 0.15) is 37.0 Å². The van der Waals surface area contributed by atoms with Gasteiger partial charge in [-0.2, -0.15) is 5.26 Å². The Balaban J connectivity index is 2.16. The van der Waals surface area contributed by atoms with Crippen LogP contribution in [0.4, 0.5) is 0 Å². The lowest BCUT2D eigenvalue weighted by molar-refractivity contribution is -0.150. The molecule has 2 aromatic rings. The molecule has 0 aromatic heterocycles. The zero-order valence-electron chi connectivity index (χ0n) is 17.0. The molecule has 0 radical (unpaired) electrons. The van der Waals surface area contributed by atoms with Gasteiger partial charge in [0.15, 0.2) is 0 Å². The van der Waals surface area contributed by atoms with Gasteiger partial charge in [-0.25, -0.2) is 0 Å². The molecule has 0 spiro atoms. The number of nitriles is 1. The average molecular weight is 422 g/mol. The van der Waals surface area contributed by atoms with Gasteiger partial charge in [0, 0.05) is 10.6 Å². The molecule has 0 saturated carbocycles. The zero-order chi connectivity index (χ0) is 21.9. The number of ether oxygens (including phenoxy) is 2. The Morgan fingerprint density at radius 2 is 1.83 bits per heavy atom. The van der Waals surface area contributed by atoms with Gasteiger partial charge in [-0.3, -0.25) is 4.79 Å². The maximum atomic E-state index is 12.9. The van der Waals surface area contributed by atoms with E-state index in [1.165, 1.54) is 6.26 Å². The second-order valence-corrected chi connectivity index (χ2v) is 7.30. The topological polar surface area (TPSA) is 59.3 Å². The van der Waals surface area contributed by atoms with Crippen molar-refractivity contribution in [3.05, 3.63) is 102 Å². The number of esters is 1. The van der Waals surface area contributed by atoms with Crippen molar-refractivity contribution in [1.82, 2.24) is 0 Å². The highest BCUT2D eigenvalue weighted by Gasteiger charge is 2.28. The minimum atomic E-state index is -1.04. The van der Waals surface area contributed by atoms with Crippen molar-refractivity contribution in [3.8, 4) is 11.8 Å². The summed E-state index contributed by atoms with van der Waals surface area (Å²) in [5.41, 5.74) is 1.34. The molecule has 0 saturated heterocycles. The standard InChI is InChI=1S/C25H24ClNO3/c1-4-5-6-7-15-29-22-10-8-9-20(16-22)23(17-27)30-25(28)24(18(2)3)19-11-13-21(26)14-12-19/h4-16,18,23-24H,1H2,2-3H3. The number of nitrogens with zero attached hydrogens (tertiary/aromatic N) is 1. The molecule has 0 aliphatic carbocycles. The monoisotopic (exact) mass is 421 g/mol. The van der Waals surface area contributed by atoms with Crippen molar-refractivity contribution in [1.29, 1.82) is 5.26 Å². The number of hydrogen-bond acceptors (Lipinski definition) is 4. The van der Waals surface area contributed by atoms with Crippen LogP contribution >= 0.6 is 11.6 Å². The summed E-state index contributed by atoms with van der Waals surface area (Å²) in [4.78, 5) is 12.9. The Labute approximate surface area is 182 Å². The largest absolute Gasteiger partial charge is 0.465 e. The third-order valence-corrected chi connectivity index (χ3v) is 4.55. The van der Waals surface area contributed by atoms with Crippen LogP contribution in [0.25, 0.3) is 0 Å². The quantitative estimate of drug-likeness (QED) is 0.262. The molecule has 0 bridgehead atoms. The molecule has 0 fully saturated rings. The highest BCUT2D eigenvalue weighted by molar-refractivity contribution is 6.30. The van der Waals surface area contributed by atoms with Crippen LogP contribution in [0.3, 0.4) is 0 Å². The van der Waals surface area contributed by atoms with Gasteiger partial charge in [0.25, 0.3) is 0 Å². The van der Waals surface area contributed by atoms with Crippen LogP contribution in [0, 0.1) is 17.2 Å². The fourth-order valence-corrected chi connectivity index (χ4v) is 3.00. The Morgan fingerprint density at radius 1 is 1.10 bits per heavy atom. The van der Waals surface area contributed by atoms with Crippen molar-refractivity contribution in [2.24, 2.45) is 5.92 Å². The lowest BCUT2D eigenvalue weighted by Gasteiger charge is -2.22. The van der Waals surface area contributed by atoms with Crippen molar-refractivity contribution in [2.45, 2.75) is 25.9 Å². The number of carbonyl (C=O) groups excluding carboxylic acids is 1. The summed E-state index contributed by atoms with van der Waals surface area (Å²) in [5, 5.41) is 10.2. The van der Waals surface area contributed by atoms with Crippen molar-refractivity contribution in [2.75, 3.05) is 0 Å². The molecule has 2 rings (SSSR count). The molecule has 30 heavy (non-hydrogen) atoms. The Morgan fingerprint density at radius 3 is 2.47 bits per heavy atom. The smallest absolute Gasteiger partial charge is 0.315 e. The van der Waals surface area contributed by atoms with E-state index in [0.29, 0.717) is 16.3 Å². The van der Waals surface area contributed by atoms with Gasteiger partial charge in [-0.15, -0.1) is 0 Å². The first-order valence-electron chi connectivity index (χ1n) is 9.52. The van der Waals surface area contributed by atoms with E-state index in [1.807, 2.05) is 13.8 Å². The number of benzene rings is 2. The minimum absolute atomic E-state index is 0.0126. The molecule has 0 heterocycles. The van der Waals surface area contributed by atoms with Gasteiger partial charge in [-0.05, 0) is 41.8 Å². The van der Waals surface area contributed by atoms with E-state index in [-0.39, 0.29) is 5.92 Å². The molecule has 2 unspecified atom stereocenters. The summed E-state index contributed by atoms with van der Waals surface area (Å²) in [5.74, 6) is -0.441. The number of halogens is 1. The fraction of sp³-hybridized carbons (Fsp3) is 0.200. The predicted octanol–water partition coefficient (Wildman–Crippen LogP) is 6.52. The minimum Gasteiger partial charge on any atom is -0.465 e. The van der Waals surface area contributed by atoms with Crippen molar-refractivity contribution in [3.63, 3.8) is 0 Å². The highest BCUT2D eigenvalue weighted by atomic mass is 35.5. The maximum absolute atomic E-state index is 12.9. The zero-order valence-corrected chi connectivity index (χ0v) is 17.8. The molecule has 5 heteroatoms. The van der Waals surface area contributed by atoms with E-state index in [0.717, 1.165) is 5.56 Å². The van der Waals surface area contributed by atoms with Crippen LogP contribution < -0.4 is 4.74 Å². The van der Waals surface area contributed by atoms with E-state index in [9.17, 15) is 10.1 Å². The number of allylic oxidation sites excluding steroid dienone is 4. The molecule has 0 amide bonds. The van der Waals surface area contributed by atoms with Crippen molar-refractivity contribution < 1.29 is 14.3 Å². The van der Waals surface area contributed by atoms with Gasteiger partial charge >= 0.3 is 5.97 Å². The third kappa shape index (κ3) is 6.65. The van der Waals surface area contributed by atoms with E-state index >= 15 is 0 Å². The van der Waals surface area contributed by atoms with Crippen LogP contribution in [0.2, 0.25) is 5.02 Å². The molecule has 154 valence electrons. The first kappa shape index (κ1) is 23.0. The Kier molecular flexibility index (Phi) is 8.93. The first-order valence-corrected chi connectivity index (χ1v) is 9.90. The molecule has 2 aromatic carbocycles. The van der Waals surface area contributed by atoms with E-state index in [2.05, 4.69) is 12.6 Å². The first-order chi connectivity index (χ1) is 14.5. The van der Waals surface area contributed by atoms with Gasteiger partial charge in [0.2, 0.25) is 6.10 Å². The Bertz CT molecular complexity index is 955. The molecule has 4 nitrogen and oxygen atoms in total. The summed E-state index contributed by atoms with van der Waals surface area (Å²) in [6.07, 6.45) is 7.40. The van der Waals surface area contributed by atoms with Gasteiger partial charge < -0.3 is 9.47 Å². The molecular weight excluding hydrogens is 398 g/mol. The summed E-state index contributed by atoms with van der Waals surface area (Å²) in [6, 6.07) is 16.0. The van der Waals surface area contributed by atoms with E-state index < -0.39 is 18.0 Å². The third-order valence-electron chi connectivity index (χ3n) is 4.30. The molecule has 0 N–H and O–H groups in total. The number of carbonyl (C=O) groups is 1. The SMILES string of the molecule is C=CC=CC=COc1cccc(C(C#N)OC(=O)C(c2ccc(Cl)cc2)C(C)C)c1. The predicted molar refractivity (Wildman–Crippen MR) is 119 cm³/mol. The molecule has 2 atom stereocenters. The number of hydrogen-bond donors (Lipinski definition) is 0. The van der Waals surface area contributed by atoms with Gasteiger partial charge in [0.1, 0.15) is 11.8 Å². The average Bonchev–Trinajstić information content (AvgIpc) is 2.73. The lowest BCUT2D eigenvalue weighted by atomic mass is 9.88. The molecular formula is C25H24ClNO3. The summed E-state index contributed by atoms with van der Waals surface area (Å²) in [7, 11) is 0. The van der Waals surface area contributed by atoms with E-state index in [4.69, 9.17) is 21.1 Å². The van der Waals surface area contributed by atoms with Gasteiger partial charge in [0.05, 0.1) is 12.2 Å². The van der Waals surface area contributed by atoms with E-state index in [1.54, 1.807) is 72.8 Å². The second-order valence-electron chi connectivity index (χ2n) is 6.86. The van der Waals surface area contributed by atoms with Crippen LogP contribution in [-0.2, 0) is 9.53 Å². The molecule has 0 aliphatic heterocycles. The second kappa shape index (κ2) is 11.6. The Hall–Kier alpha value is -3.29. The highest BCUT2D eigenvalue weighted by Crippen LogP contribution is 2.30. The normalized spacial score (nSPS) is 13.2. The summed E-state index contributed by atoms with van der Waals surface area (Å²) in [6.45, 7) is 7.46.